The summed E-state index contributed by atoms with van der Waals surface area (Å²) in [6, 6.07) is 0. The average molecular weight is 183 g/mol. The molecule has 1 fully saturated rings. The molecule has 1 aliphatic rings. The lowest BCUT2D eigenvalue weighted by atomic mass is 9.78. The van der Waals surface area contributed by atoms with Crippen LogP contribution in [0.5, 0.6) is 0 Å². The summed E-state index contributed by atoms with van der Waals surface area (Å²) >= 11 is 0. The van der Waals surface area contributed by atoms with E-state index in [0.29, 0.717) is 11.3 Å². The highest BCUT2D eigenvalue weighted by Gasteiger charge is 2.24. The summed E-state index contributed by atoms with van der Waals surface area (Å²) in [4.78, 5) is 12.6. The van der Waals surface area contributed by atoms with E-state index < -0.39 is 0 Å². The lowest BCUT2D eigenvalue weighted by Gasteiger charge is -2.34. The Labute approximate surface area is 81.3 Å². The molecule has 0 aromatic heterocycles. The molecule has 0 spiro atoms. The zero-order valence-electron chi connectivity index (χ0n) is 9.05. The molecule has 1 amide bonds. The van der Waals surface area contributed by atoms with Gasteiger partial charge in [-0.25, -0.2) is 0 Å². The second kappa shape index (κ2) is 4.12. The Hall–Kier alpha value is -0.530. The van der Waals surface area contributed by atoms with Crippen molar-refractivity contribution in [3.05, 3.63) is 0 Å². The summed E-state index contributed by atoms with van der Waals surface area (Å²) < 4.78 is 0. The normalized spacial score (nSPS) is 29.2. The quantitative estimate of drug-likeness (QED) is 0.571. The van der Waals surface area contributed by atoms with E-state index in [0.717, 1.165) is 25.9 Å². The molecule has 0 radical (unpaired) electrons. The van der Waals surface area contributed by atoms with Crippen LogP contribution in [0.3, 0.4) is 0 Å². The van der Waals surface area contributed by atoms with Crippen LogP contribution in [-0.4, -0.2) is 24.4 Å². The van der Waals surface area contributed by atoms with Crippen molar-refractivity contribution < 1.29 is 4.79 Å². The van der Waals surface area contributed by atoms with Gasteiger partial charge >= 0.3 is 0 Å². The van der Waals surface area contributed by atoms with E-state index in [2.05, 4.69) is 20.8 Å². The van der Waals surface area contributed by atoms with Crippen LogP contribution in [-0.2, 0) is 4.79 Å². The van der Waals surface area contributed by atoms with E-state index >= 15 is 0 Å². The van der Waals surface area contributed by atoms with Gasteiger partial charge in [0.2, 0.25) is 6.41 Å². The second-order valence-corrected chi connectivity index (χ2v) is 5.18. The van der Waals surface area contributed by atoms with Crippen molar-refractivity contribution in [3.63, 3.8) is 0 Å². The maximum atomic E-state index is 10.7. The predicted molar refractivity (Wildman–Crippen MR) is 54.4 cm³/mol. The average Bonchev–Trinajstić information content (AvgIpc) is 1.98. The Morgan fingerprint density at radius 2 is 2.15 bits per heavy atom. The molecule has 0 aromatic carbocycles. The van der Waals surface area contributed by atoms with Crippen molar-refractivity contribution >= 4 is 6.41 Å². The lowest BCUT2D eigenvalue weighted by Crippen LogP contribution is -2.33. The van der Waals surface area contributed by atoms with Gasteiger partial charge in [0.05, 0.1) is 0 Å². The van der Waals surface area contributed by atoms with Crippen LogP contribution in [0.1, 0.15) is 40.0 Å². The van der Waals surface area contributed by atoms with Crippen molar-refractivity contribution in [2.45, 2.75) is 40.0 Å². The molecule has 0 aromatic rings. The van der Waals surface area contributed by atoms with Crippen molar-refractivity contribution in [2.75, 3.05) is 13.1 Å². The molecule has 0 saturated carbocycles. The third-order valence-corrected chi connectivity index (χ3v) is 2.90. The van der Waals surface area contributed by atoms with Gasteiger partial charge in [0.25, 0.3) is 0 Å². The highest BCUT2D eigenvalue weighted by atomic mass is 16.1. The van der Waals surface area contributed by atoms with Gasteiger partial charge in [0, 0.05) is 13.1 Å². The first kappa shape index (κ1) is 10.6. The summed E-state index contributed by atoms with van der Waals surface area (Å²) in [5, 5.41) is 0. The molecule has 0 bridgehead atoms. The Morgan fingerprint density at radius 1 is 1.46 bits per heavy atom. The maximum absolute atomic E-state index is 10.7. The number of likely N-dealkylation sites (tertiary alicyclic amines) is 1. The Balaban J connectivity index is 2.53. The lowest BCUT2D eigenvalue weighted by molar-refractivity contribution is -0.119. The summed E-state index contributed by atoms with van der Waals surface area (Å²) in [5.74, 6) is 0.639. The van der Waals surface area contributed by atoms with Gasteiger partial charge in [0.1, 0.15) is 0 Å². The number of amides is 1. The minimum Gasteiger partial charge on any atom is -0.345 e. The summed E-state index contributed by atoms with van der Waals surface area (Å²) in [7, 11) is 0. The molecule has 0 N–H and O–H groups in total. The first-order valence-electron chi connectivity index (χ1n) is 5.23. The Bertz CT molecular complexity index is 177. The first-order valence-corrected chi connectivity index (χ1v) is 5.23. The van der Waals surface area contributed by atoms with Crippen LogP contribution >= 0.6 is 0 Å². The van der Waals surface area contributed by atoms with Gasteiger partial charge in [-0.15, -0.1) is 0 Å². The van der Waals surface area contributed by atoms with Crippen molar-refractivity contribution in [3.8, 4) is 0 Å². The van der Waals surface area contributed by atoms with Gasteiger partial charge in [-0.05, 0) is 30.6 Å². The molecular weight excluding hydrogens is 162 g/mol. The summed E-state index contributed by atoms with van der Waals surface area (Å²) in [5.41, 5.74) is 0.467. The minimum atomic E-state index is 0.467. The first-order chi connectivity index (χ1) is 6.03. The third-order valence-electron chi connectivity index (χ3n) is 2.90. The zero-order valence-corrected chi connectivity index (χ0v) is 9.05. The van der Waals surface area contributed by atoms with Crippen LogP contribution in [0.2, 0.25) is 0 Å². The van der Waals surface area contributed by atoms with Crippen LogP contribution in [0.15, 0.2) is 0 Å². The number of rotatable bonds is 1. The van der Waals surface area contributed by atoms with Crippen molar-refractivity contribution in [1.82, 2.24) is 4.90 Å². The fourth-order valence-electron chi connectivity index (χ4n) is 2.46. The fraction of sp³-hybridized carbons (Fsp3) is 0.909. The number of nitrogens with zero attached hydrogens (tertiary/aromatic N) is 1. The van der Waals surface area contributed by atoms with E-state index in [4.69, 9.17) is 0 Å². The fourth-order valence-corrected chi connectivity index (χ4v) is 2.46. The molecule has 1 saturated heterocycles. The van der Waals surface area contributed by atoms with E-state index in [9.17, 15) is 4.79 Å². The monoisotopic (exact) mass is 183 g/mol. The van der Waals surface area contributed by atoms with Crippen LogP contribution in [0.25, 0.3) is 0 Å². The van der Waals surface area contributed by atoms with Crippen LogP contribution in [0, 0.1) is 11.3 Å². The number of carbonyl (C=O) groups is 1. The van der Waals surface area contributed by atoms with E-state index in [1.807, 2.05) is 4.90 Å². The van der Waals surface area contributed by atoms with Crippen LogP contribution < -0.4 is 0 Å². The van der Waals surface area contributed by atoms with Gasteiger partial charge < -0.3 is 4.90 Å². The predicted octanol–water partition coefficient (Wildman–Crippen LogP) is 2.29. The van der Waals surface area contributed by atoms with Gasteiger partial charge in [-0.2, -0.15) is 0 Å². The molecule has 2 heteroatoms. The van der Waals surface area contributed by atoms with E-state index in [1.54, 1.807) is 0 Å². The zero-order chi connectivity index (χ0) is 9.90. The topological polar surface area (TPSA) is 20.3 Å². The molecule has 1 rings (SSSR count). The number of carbonyl (C=O) groups excluding carboxylic acids is 1. The van der Waals surface area contributed by atoms with Gasteiger partial charge in [0.15, 0.2) is 0 Å². The summed E-state index contributed by atoms with van der Waals surface area (Å²) in [6.45, 7) is 8.79. The Morgan fingerprint density at radius 3 is 2.77 bits per heavy atom. The standard InChI is InChI=1S/C11H21NO/c1-10-7-11(2,3)5-4-6-12(8-10)9-13/h9-10H,4-8H2,1-3H3. The van der Waals surface area contributed by atoms with Crippen molar-refractivity contribution in [2.24, 2.45) is 11.3 Å². The molecule has 76 valence electrons. The van der Waals surface area contributed by atoms with Gasteiger partial charge in [-0.1, -0.05) is 20.8 Å². The molecule has 0 aliphatic carbocycles. The third kappa shape index (κ3) is 3.37. The molecule has 1 heterocycles. The second-order valence-electron chi connectivity index (χ2n) is 5.18. The van der Waals surface area contributed by atoms with Crippen LogP contribution in [0.4, 0.5) is 0 Å². The molecular formula is C11H21NO. The minimum absolute atomic E-state index is 0.467. The smallest absolute Gasteiger partial charge is 0.209 e. The maximum Gasteiger partial charge on any atom is 0.209 e. The Kier molecular flexibility index (Phi) is 3.34. The summed E-state index contributed by atoms with van der Waals surface area (Å²) in [6.07, 6.45) is 4.62. The van der Waals surface area contributed by atoms with Crippen molar-refractivity contribution in [1.29, 1.82) is 0 Å². The number of hydrogen-bond acceptors (Lipinski definition) is 1. The highest BCUT2D eigenvalue weighted by Crippen LogP contribution is 2.32. The molecule has 13 heavy (non-hydrogen) atoms. The molecule has 1 atom stereocenters. The molecule has 2 nitrogen and oxygen atoms in total. The SMILES string of the molecule is CC1CN(C=O)CCCC(C)(C)C1. The largest absolute Gasteiger partial charge is 0.345 e. The molecule has 1 aliphatic heterocycles. The van der Waals surface area contributed by atoms with Gasteiger partial charge in [-0.3, -0.25) is 4.79 Å². The highest BCUT2D eigenvalue weighted by molar-refractivity contribution is 5.46. The molecule has 1 unspecified atom stereocenters. The van der Waals surface area contributed by atoms with E-state index in [1.165, 1.54) is 12.8 Å². The van der Waals surface area contributed by atoms with E-state index in [-0.39, 0.29) is 0 Å². The number of hydrogen-bond donors (Lipinski definition) is 0.